The van der Waals surface area contributed by atoms with Gasteiger partial charge in [-0.25, -0.2) is 25.5 Å². The van der Waals surface area contributed by atoms with Gasteiger partial charge in [0.2, 0.25) is 20.0 Å². The second-order valence-electron chi connectivity index (χ2n) is 6.84. The number of rotatable bonds is 9. The molecule has 2 aromatic carbocycles. The van der Waals surface area contributed by atoms with Crippen LogP contribution in [0.5, 0.6) is 5.75 Å². The Bertz CT molecular complexity index is 1210. The molecule has 176 valence electrons. The second kappa shape index (κ2) is 9.94. The summed E-state index contributed by atoms with van der Waals surface area (Å²) in [6.07, 6.45) is 0. The van der Waals surface area contributed by atoms with Gasteiger partial charge in [0, 0.05) is 32.7 Å². The van der Waals surface area contributed by atoms with Crippen molar-refractivity contribution in [2.24, 2.45) is 0 Å². The van der Waals surface area contributed by atoms with E-state index in [-0.39, 0.29) is 35.0 Å². The molecule has 0 saturated carbocycles. The molecular weight excluding hydrogens is 461 g/mol. The molecule has 1 amide bonds. The van der Waals surface area contributed by atoms with E-state index in [1.165, 1.54) is 39.4 Å². The fourth-order valence-corrected chi connectivity index (χ4v) is 5.37. The molecule has 2 rings (SSSR count). The van der Waals surface area contributed by atoms with Gasteiger partial charge in [0.25, 0.3) is 5.91 Å². The summed E-state index contributed by atoms with van der Waals surface area (Å²) in [4.78, 5) is 12.1. The van der Waals surface area contributed by atoms with Crippen LogP contribution >= 0.6 is 0 Å². The molecule has 9 nitrogen and oxygen atoms in total. The Kier molecular flexibility index (Phi) is 7.99. The quantitative estimate of drug-likeness (QED) is 0.581. The highest BCUT2D eigenvalue weighted by Crippen LogP contribution is 2.29. The molecule has 2 aromatic rings. The molecule has 0 aliphatic heterocycles. The van der Waals surface area contributed by atoms with Gasteiger partial charge in [-0.05, 0) is 36.4 Å². The van der Waals surface area contributed by atoms with Crippen molar-refractivity contribution >= 4 is 31.6 Å². The van der Waals surface area contributed by atoms with E-state index < -0.39 is 36.7 Å². The molecule has 0 atom stereocenters. The molecule has 0 fully saturated rings. The van der Waals surface area contributed by atoms with Crippen molar-refractivity contribution in [3.05, 3.63) is 47.8 Å². The number of hydrogen-bond acceptors (Lipinski definition) is 6. The first-order valence-corrected chi connectivity index (χ1v) is 12.5. The fraction of sp³-hybridized carbons (Fsp3) is 0.350. The van der Waals surface area contributed by atoms with Crippen molar-refractivity contribution in [3.8, 4) is 5.75 Å². The third-order valence-electron chi connectivity index (χ3n) is 4.71. The maximum Gasteiger partial charge on any atom is 0.255 e. The van der Waals surface area contributed by atoms with Gasteiger partial charge in [0.15, 0.2) is 0 Å². The maximum absolute atomic E-state index is 14.3. The zero-order valence-electron chi connectivity index (χ0n) is 18.4. The van der Waals surface area contributed by atoms with Gasteiger partial charge in [-0.2, -0.15) is 4.31 Å². The van der Waals surface area contributed by atoms with Crippen LogP contribution in [-0.4, -0.2) is 65.6 Å². The zero-order valence-corrected chi connectivity index (χ0v) is 20.0. The number of halogens is 1. The van der Waals surface area contributed by atoms with Crippen molar-refractivity contribution in [2.45, 2.75) is 23.6 Å². The van der Waals surface area contributed by atoms with Crippen LogP contribution in [0.2, 0.25) is 0 Å². The molecule has 1 N–H and O–H groups in total. The van der Waals surface area contributed by atoms with Crippen LogP contribution in [-0.2, 0) is 20.0 Å². The van der Waals surface area contributed by atoms with E-state index in [9.17, 15) is 26.0 Å². The highest BCUT2D eigenvalue weighted by Gasteiger charge is 2.27. The third-order valence-corrected chi connectivity index (χ3v) is 8.59. The van der Waals surface area contributed by atoms with Crippen LogP contribution in [0.4, 0.5) is 10.1 Å². The summed E-state index contributed by atoms with van der Waals surface area (Å²) in [7, 11) is -3.84. The fourth-order valence-electron chi connectivity index (χ4n) is 2.90. The minimum Gasteiger partial charge on any atom is -0.495 e. The van der Waals surface area contributed by atoms with E-state index in [2.05, 4.69) is 5.32 Å². The maximum atomic E-state index is 14.3. The first-order valence-electron chi connectivity index (χ1n) is 9.61. The van der Waals surface area contributed by atoms with E-state index in [1.54, 1.807) is 13.8 Å². The lowest BCUT2D eigenvalue weighted by Gasteiger charge is -2.19. The third kappa shape index (κ3) is 5.09. The summed E-state index contributed by atoms with van der Waals surface area (Å²) in [5.74, 6) is -1.56. The number of nitrogens with one attached hydrogen (secondary N) is 1. The Balaban J connectivity index is 2.48. The number of hydrogen-bond donors (Lipinski definition) is 1. The van der Waals surface area contributed by atoms with Crippen molar-refractivity contribution < 1.29 is 30.8 Å². The van der Waals surface area contributed by atoms with Gasteiger partial charge in [-0.3, -0.25) is 4.79 Å². The van der Waals surface area contributed by atoms with Gasteiger partial charge in [0.1, 0.15) is 16.5 Å². The minimum absolute atomic E-state index is 0.0536. The van der Waals surface area contributed by atoms with Crippen LogP contribution in [0, 0.1) is 5.82 Å². The van der Waals surface area contributed by atoms with Crippen LogP contribution in [0.3, 0.4) is 0 Å². The molecule has 0 spiro atoms. The second-order valence-corrected chi connectivity index (χ2v) is 10.9. The normalized spacial score (nSPS) is 12.2. The van der Waals surface area contributed by atoms with E-state index in [0.29, 0.717) is 0 Å². The van der Waals surface area contributed by atoms with Crippen LogP contribution in [0.1, 0.15) is 24.2 Å². The minimum atomic E-state index is -4.14. The number of ether oxygens (including phenoxy) is 1. The van der Waals surface area contributed by atoms with Crippen LogP contribution < -0.4 is 10.1 Å². The number of nitrogens with zero attached hydrogens (tertiary/aromatic N) is 2. The molecule has 0 aliphatic rings. The summed E-state index contributed by atoms with van der Waals surface area (Å²) >= 11 is 0. The van der Waals surface area contributed by atoms with Crippen LogP contribution in [0.25, 0.3) is 0 Å². The summed E-state index contributed by atoms with van der Waals surface area (Å²) in [5, 5.41) is 2.51. The van der Waals surface area contributed by atoms with Gasteiger partial charge >= 0.3 is 0 Å². The first-order chi connectivity index (χ1) is 14.9. The van der Waals surface area contributed by atoms with Crippen LogP contribution in [0.15, 0.2) is 46.2 Å². The molecule has 0 radical (unpaired) electrons. The topological polar surface area (TPSA) is 113 Å². The lowest BCUT2D eigenvalue weighted by molar-refractivity contribution is 0.102. The molecule has 12 heteroatoms. The number of carbonyl (C=O) groups excluding carboxylic acids is 1. The Morgan fingerprint density at radius 1 is 1.00 bits per heavy atom. The molecule has 0 heterocycles. The Labute approximate surface area is 187 Å². The highest BCUT2D eigenvalue weighted by atomic mass is 32.2. The van der Waals surface area contributed by atoms with Gasteiger partial charge < -0.3 is 10.1 Å². The predicted molar refractivity (Wildman–Crippen MR) is 118 cm³/mol. The molecule has 0 saturated heterocycles. The molecule has 32 heavy (non-hydrogen) atoms. The number of sulfonamides is 2. The number of carbonyl (C=O) groups is 1. The van der Waals surface area contributed by atoms with Gasteiger partial charge in [-0.15, -0.1) is 0 Å². The lowest BCUT2D eigenvalue weighted by atomic mass is 10.2. The molecule has 0 unspecified atom stereocenters. The lowest BCUT2D eigenvalue weighted by Crippen LogP contribution is -2.31. The Morgan fingerprint density at radius 2 is 1.62 bits per heavy atom. The monoisotopic (exact) mass is 487 g/mol. The number of benzene rings is 2. The van der Waals surface area contributed by atoms with Gasteiger partial charge in [-0.1, -0.05) is 13.8 Å². The summed E-state index contributed by atoms with van der Waals surface area (Å²) in [6, 6.07) is 6.92. The number of methoxy groups -OCH3 is 1. The summed E-state index contributed by atoms with van der Waals surface area (Å²) < 4.78 is 71.9. The summed E-state index contributed by atoms with van der Waals surface area (Å²) in [6.45, 7) is 3.52. The Hall–Kier alpha value is -2.54. The average molecular weight is 488 g/mol. The van der Waals surface area contributed by atoms with E-state index in [4.69, 9.17) is 4.74 Å². The molecule has 0 aliphatic carbocycles. The van der Waals surface area contributed by atoms with E-state index in [1.807, 2.05) is 0 Å². The van der Waals surface area contributed by atoms with Crippen molar-refractivity contribution in [3.63, 3.8) is 0 Å². The predicted octanol–water partition coefficient (Wildman–Crippen LogP) is 2.37. The molecule has 0 bridgehead atoms. The SMILES string of the molecule is CCN(CC)S(=O)(=O)c1cc(C(=O)Nc2cc(S(=O)(=O)N(C)C)ccc2OC)ccc1F. The average Bonchev–Trinajstić information content (AvgIpc) is 2.74. The highest BCUT2D eigenvalue weighted by molar-refractivity contribution is 7.89. The smallest absolute Gasteiger partial charge is 0.255 e. The number of anilines is 1. The van der Waals surface area contributed by atoms with Crippen molar-refractivity contribution in [1.29, 1.82) is 0 Å². The summed E-state index contributed by atoms with van der Waals surface area (Å²) in [5.41, 5.74) is -0.0713. The zero-order chi connectivity index (χ0) is 24.3. The van der Waals surface area contributed by atoms with E-state index in [0.717, 1.165) is 26.8 Å². The largest absolute Gasteiger partial charge is 0.495 e. The van der Waals surface area contributed by atoms with Crippen molar-refractivity contribution in [1.82, 2.24) is 8.61 Å². The molecular formula is C20H26FN3O6S2. The molecule has 0 aromatic heterocycles. The standard InChI is InChI=1S/C20H26FN3O6S2/c1-6-24(7-2)32(28,29)19-12-14(8-10-16(19)21)20(25)22-17-13-15(9-11-18(17)30-5)31(26,27)23(3)4/h8-13H,6-7H2,1-5H3,(H,22,25). The first kappa shape index (κ1) is 25.7. The van der Waals surface area contributed by atoms with Crippen molar-refractivity contribution in [2.75, 3.05) is 39.6 Å². The van der Waals surface area contributed by atoms with Gasteiger partial charge in [0.05, 0.1) is 17.7 Å². The Morgan fingerprint density at radius 3 is 2.16 bits per heavy atom. The van der Waals surface area contributed by atoms with E-state index >= 15 is 0 Å². The number of amides is 1.